The van der Waals surface area contributed by atoms with Gasteiger partial charge in [0.05, 0.1) is 11.1 Å². The fourth-order valence-corrected chi connectivity index (χ4v) is 3.06. The molecule has 0 saturated carbocycles. The van der Waals surface area contributed by atoms with E-state index in [2.05, 4.69) is 50.4 Å². The maximum Gasteiger partial charge on any atom is 0.249 e. The van der Waals surface area contributed by atoms with Crippen LogP contribution in [-0.2, 0) is 15.0 Å². The minimum atomic E-state index is -1.26. The molecule has 5 heteroatoms. The van der Waals surface area contributed by atoms with E-state index < -0.39 is 17.6 Å². The number of nitriles is 1. The Balaban J connectivity index is 2.15. The number of hydrogen-bond acceptors (Lipinski definition) is 4. The number of thiophene rings is 1. The average Bonchev–Trinajstić information content (AvgIpc) is 2.95. The monoisotopic (exact) mass is 340 g/mol. The summed E-state index contributed by atoms with van der Waals surface area (Å²) in [5, 5.41) is 14.1. The van der Waals surface area contributed by atoms with Crippen molar-refractivity contribution in [1.29, 1.82) is 5.26 Å². The molecule has 2 aromatic rings. The summed E-state index contributed by atoms with van der Waals surface area (Å²) in [4.78, 5) is 23.2. The molecule has 0 aliphatic rings. The molecule has 1 N–H and O–H groups in total. The van der Waals surface area contributed by atoms with Crippen LogP contribution < -0.4 is 5.32 Å². The molecule has 1 aromatic heterocycles. The Hall–Kier alpha value is -2.45. The van der Waals surface area contributed by atoms with E-state index in [9.17, 15) is 9.59 Å². The van der Waals surface area contributed by atoms with E-state index in [-0.39, 0.29) is 5.41 Å². The lowest BCUT2D eigenvalue weighted by Gasteiger charge is -2.19. The molecule has 0 bridgehead atoms. The van der Waals surface area contributed by atoms with Crippen LogP contribution in [0.5, 0.6) is 0 Å². The molecule has 1 amide bonds. The van der Waals surface area contributed by atoms with Crippen LogP contribution in [0.1, 0.15) is 33.3 Å². The molecule has 0 fully saturated rings. The van der Waals surface area contributed by atoms with Crippen molar-refractivity contribution in [2.24, 2.45) is 5.92 Å². The zero-order chi connectivity index (χ0) is 17.9. The van der Waals surface area contributed by atoms with Crippen molar-refractivity contribution in [3.05, 3.63) is 41.3 Å². The fourth-order valence-electron chi connectivity index (χ4n) is 2.24. The quantitative estimate of drug-likeness (QED) is 0.840. The molecule has 1 aromatic carbocycles. The molecule has 0 aliphatic carbocycles. The highest BCUT2D eigenvalue weighted by Crippen LogP contribution is 2.31. The lowest BCUT2D eigenvalue weighted by atomic mass is 9.86. The highest BCUT2D eigenvalue weighted by Gasteiger charge is 2.23. The Morgan fingerprint density at radius 3 is 2.29 bits per heavy atom. The SMILES string of the molecule is CC(=O)C(C#N)C(=O)Nc1cc(-c2ccc(C(C)(C)C)cc2)cs1. The number of nitrogens with one attached hydrogen (secondary N) is 1. The topological polar surface area (TPSA) is 70.0 Å². The first kappa shape index (κ1) is 17.9. The third-order valence-electron chi connectivity index (χ3n) is 3.73. The van der Waals surface area contributed by atoms with Crippen LogP contribution in [-0.4, -0.2) is 11.7 Å². The van der Waals surface area contributed by atoms with E-state index in [1.54, 1.807) is 6.07 Å². The van der Waals surface area contributed by atoms with E-state index in [1.807, 2.05) is 11.4 Å². The number of nitrogens with zero attached hydrogens (tertiary/aromatic N) is 1. The second-order valence-corrected chi connectivity index (χ2v) is 7.60. The number of ketones is 1. The third-order valence-corrected chi connectivity index (χ3v) is 4.57. The third kappa shape index (κ3) is 4.09. The highest BCUT2D eigenvalue weighted by molar-refractivity contribution is 7.14. The van der Waals surface area contributed by atoms with Crippen LogP contribution >= 0.6 is 11.3 Å². The van der Waals surface area contributed by atoms with Gasteiger partial charge in [-0.2, -0.15) is 5.26 Å². The molecular weight excluding hydrogens is 320 g/mol. The summed E-state index contributed by atoms with van der Waals surface area (Å²) in [6.45, 7) is 7.74. The highest BCUT2D eigenvalue weighted by atomic mass is 32.1. The first-order valence-electron chi connectivity index (χ1n) is 7.63. The number of Topliss-reactive ketones (excluding diaryl/α,β-unsaturated/α-hetero) is 1. The van der Waals surface area contributed by atoms with Crippen molar-refractivity contribution in [2.45, 2.75) is 33.1 Å². The van der Waals surface area contributed by atoms with Gasteiger partial charge in [0.25, 0.3) is 0 Å². The standard InChI is InChI=1S/C19H20N2O2S/c1-12(22)16(10-20)18(23)21-17-9-14(11-24-17)13-5-7-15(8-6-13)19(2,3)4/h5-9,11,16H,1-4H3,(H,21,23). The smallest absolute Gasteiger partial charge is 0.249 e. The van der Waals surface area contributed by atoms with Crippen molar-refractivity contribution in [3.8, 4) is 17.2 Å². The van der Waals surface area contributed by atoms with Gasteiger partial charge in [-0.3, -0.25) is 9.59 Å². The molecule has 0 spiro atoms. The Kier molecular flexibility index (Phi) is 5.20. The predicted octanol–water partition coefficient (Wildman–Crippen LogP) is 4.38. The second kappa shape index (κ2) is 6.98. The predicted molar refractivity (Wildman–Crippen MR) is 96.9 cm³/mol. The summed E-state index contributed by atoms with van der Waals surface area (Å²) in [6.07, 6.45) is 0. The van der Waals surface area contributed by atoms with Gasteiger partial charge >= 0.3 is 0 Å². The molecule has 24 heavy (non-hydrogen) atoms. The minimum Gasteiger partial charge on any atom is -0.316 e. The number of carbonyl (C=O) groups is 2. The van der Waals surface area contributed by atoms with E-state index in [4.69, 9.17) is 5.26 Å². The van der Waals surface area contributed by atoms with Crippen molar-refractivity contribution in [1.82, 2.24) is 0 Å². The van der Waals surface area contributed by atoms with Gasteiger partial charge in [-0.1, -0.05) is 45.0 Å². The summed E-state index contributed by atoms with van der Waals surface area (Å²) in [5.41, 5.74) is 3.41. The van der Waals surface area contributed by atoms with E-state index >= 15 is 0 Å². The summed E-state index contributed by atoms with van der Waals surface area (Å²) in [5.74, 6) is -2.30. The lowest BCUT2D eigenvalue weighted by Crippen LogP contribution is -2.26. The van der Waals surface area contributed by atoms with Gasteiger partial charge in [-0.05, 0) is 35.1 Å². The van der Waals surface area contributed by atoms with Crippen LogP contribution in [0, 0.1) is 17.2 Å². The average molecular weight is 340 g/mol. The van der Waals surface area contributed by atoms with Gasteiger partial charge < -0.3 is 5.32 Å². The zero-order valence-electron chi connectivity index (χ0n) is 14.2. The molecule has 124 valence electrons. The van der Waals surface area contributed by atoms with Gasteiger partial charge in [0, 0.05) is 5.38 Å². The molecule has 0 saturated heterocycles. The Bertz CT molecular complexity index is 792. The number of hydrogen-bond donors (Lipinski definition) is 1. The summed E-state index contributed by atoms with van der Waals surface area (Å²) in [6, 6.07) is 11.9. The first-order valence-corrected chi connectivity index (χ1v) is 8.50. The van der Waals surface area contributed by atoms with Crippen LogP contribution in [0.25, 0.3) is 11.1 Å². The Morgan fingerprint density at radius 1 is 1.17 bits per heavy atom. The number of rotatable bonds is 4. The number of benzene rings is 1. The number of amides is 1. The molecule has 1 heterocycles. The normalized spacial score (nSPS) is 12.3. The van der Waals surface area contributed by atoms with Crippen LogP contribution in [0.15, 0.2) is 35.7 Å². The van der Waals surface area contributed by atoms with E-state index in [1.165, 1.54) is 23.8 Å². The van der Waals surface area contributed by atoms with Gasteiger partial charge in [0.1, 0.15) is 0 Å². The zero-order valence-corrected chi connectivity index (χ0v) is 15.0. The van der Waals surface area contributed by atoms with E-state index in [0.717, 1.165) is 11.1 Å². The summed E-state index contributed by atoms with van der Waals surface area (Å²) >= 11 is 1.37. The maximum atomic E-state index is 11.9. The second-order valence-electron chi connectivity index (χ2n) is 6.69. The van der Waals surface area contributed by atoms with Crippen molar-refractivity contribution < 1.29 is 9.59 Å². The molecule has 0 aliphatic heterocycles. The van der Waals surface area contributed by atoms with Crippen LogP contribution in [0.4, 0.5) is 5.00 Å². The Morgan fingerprint density at radius 2 is 1.79 bits per heavy atom. The summed E-state index contributed by atoms with van der Waals surface area (Å²) < 4.78 is 0. The van der Waals surface area contributed by atoms with Crippen molar-refractivity contribution >= 4 is 28.0 Å². The van der Waals surface area contributed by atoms with Crippen LogP contribution in [0.3, 0.4) is 0 Å². The first-order chi connectivity index (χ1) is 11.2. The lowest BCUT2D eigenvalue weighted by molar-refractivity contribution is -0.127. The molecule has 0 radical (unpaired) electrons. The molecule has 1 atom stereocenters. The largest absolute Gasteiger partial charge is 0.316 e. The van der Waals surface area contributed by atoms with Crippen LogP contribution in [0.2, 0.25) is 0 Å². The molecule has 2 rings (SSSR count). The minimum absolute atomic E-state index is 0.102. The van der Waals surface area contributed by atoms with Gasteiger partial charge in [-0.15, -0.1) is 11.3 Å². The summed E-state index contributed by atoms with van der Waals surface area (Å²) in [7, 11) is 0. The maximum absolute atomic E-state index is 11.9. The van der Waals surface area contributed by atoms with Crippen molar-refractivity contribution in [2.75, 3.05) is 5.32 Å². The molecule has 1 unspecified atom stereocenters. The number of carbonyl (C=O) groups excluding carboxylic acids is 2. The molecule has 4 nitrogen and oxygen atoms in total. The van der Waals surface area contributed by atoms with Gasteiger partial charge in [0.2, 0.25) is 5.91 Å². The van der Waals surface area contributed by atoms with E-state index in [0.29, 0.717) is 5.00 Å². The van der Waals surface area contributed by atoms with Gasteiger partial charge in [0.15, 0.2) is 11.7 Å². The Labute approximate surface area is 146 Å². The van der Waals surface area contributed by atoms with Crippen molar-refractivity contribution in [3.63, 3.8) is 0 Å². The fraction of sp³-hybridized carbons (Fsp3) is 0.316. The van der Waals surface area contributed by atoms with Gasteiger partial charge in [-0.25, -0.2) is 0 Å². The number of anilines is 1. The molecular formula is C19H20N2O2S.